The van der Waals surface area contributed by atoms with Crippen molar-refractivity contribution >= 4 is 22.6 Å². The number of allylic oxidation sites excluding steroid dienone is 1. The number of aromatic nitrogens is 4. The van der Waals surface area contributed by atoms with Crippen LogP contribution in [-0.4, -0.2) is 32.5 Å². The Labute approximate surface area is 112 Å². The summed E-state index contributed by atoms with van der Waals surface area (Å²) in [5.74, 6) is 0.401. The van der Waals surface area contributed by atoms with Crippen molar-refractivity contribution < 1.29 is 0 Å². The topological polar surface area (TPSA) is 82.0 Å². The van der Waals surface area contributed by atoms with Gasteiger partial charge in [0.25, 0.3) is 0 Å². The van der Waals surface area contributed by atoms with Crippen molar-refractivity contribution in [1.82, 2.24) is 19.7 Å². The number of aliphatic imine (C=N–C) groups is 1. The molecule has 0 fully saturated rings. The number of nitrogen functional groups attached to an aromatic ring is 1. The molecule has 0 aromatic carbocycles. The fraction of sp³-hybridized carbons (Fsp3) is 0.385. The molecule has 0 spiro atoms. The molecule has 0 saturated carbocycles. The third-order valence-corrected chi connectivity index (χ3v) is 2.81. The van der Waals surface area contributed by atoms with Crippen molar-refractivity contribution in [2.75, 3.05) is 12.8 Å². The molecule has 0 bridgehead atoms. The molecule has 100 valence electrons. The third-order valence-electron chi connectivity index (χ3n) is 2.81. The minimum atomic E-state index is -0.211. The summed E-state index contributed by atoms with van der Waals surface area (Å²) in [5, 5.41) is 5.32. The van der Waals surface area contributed by atoms with Crippen molar-refractivity contribution in [3.63, 3.8) is 0 Å². The van der Waals surface area contributed by atoms with Crippen LogP contribution < -0.4 is 5.73 Å². The van der Waals surface area contributed by atoms with Crippen LogP contribution in [0.2, 0.25) is 0 Å². The van der Waals surface area contributed by atoms with E-state index in [1.807, 2.05) is 4.68 Å². The quantitative estimate of drug-likeness (QED) is 0.832. The number of nitrogens with two attached hydrogens (primary N) is 1. The highest BCUT2D eigenvalue weighted by molar-refractivity contribution is 6.16. The first-order chi connectivity index (χ1) is 8.90. The Morgan fingerprint density at radius 3 is 2.63 bits per heavy atom. The van der Waals surface area contributed by atoms with Crippen LogP contribution in [0.15, 0.2) is 24.0 Å². The molecule has 0 amide bonds. The van der Waals surface area contributed by atoms with E-state index in [0.29, 0.717) is 22.9 Å². The summed E-state index contributed by atoms with van der Waals surface area (Å²) >= 11 is 0. The molecular formula is C13H18N6. The van der Waals surface area contributed by atoms with E-state index in [2.05, 4.69) is 47.4 Å². The summed E-state index contributed by atoms with van der Waals surface area (Å²) in [6.07, 6.45) is 3.10. The molecule has 19 heavy (non-hydrogen) atoms. The maximum absolute atomic E-state index is 5.97. The van der Waals surface area contributed by atoms with Gasteiger partial charge in [-0.3, -0.25) is 4.99 Å². The van der Waals surface area contributed by atoms with Crippen molar-refractivity contribution in [1.29, 1.82) is 0 Å². The normalized spacial score (nSPS) is 12.9. The fourth-order valence-electron chi connectivity index (χ4n) is 1.92. The van der Waals surface area contributed by atoms with Crippen molar-refractivity contribution in [3.8, 4) is 0 Å². The zero-order chi connectivity index (χ0) is 14.2. The molecule has 2 aromatic heterocycles. The molecule has 0 unspecified atom stereocenters. The minimum Gasteiger partial charge on any atom is -0.383 e. The van der Waals surface area contributed by atoms with Gasteiger partial charge in [-0.15, -0.1) is 0 Å². The van der Waals surface area contributed by atoms with Gasteiger partial charge in [-0.2, -0.15) is 5.10 Å². The van der Waals surface area contributed by atoms with Crippen LogP contribution in [0.25, 0.3) is 11.0 Å². The lowest BCUT2D eigenvalue weighted by Gasteiger charge is -2.19. The average molecular weight is 258 g/mol. The number of rotatable bonds is 2. The number of hydrogen-bond donors (Lipinski definition) is 1. The Hall–Kier alpha value is -2.24. The maximum atomic E-state index is 5.97. The van der Waals surface area contributed by atoms with E-state index in [1.165, 1.54) is 6.33 Å². The van der Waals surface area contributed by atoms with E-state index < -0.39 is 0 Å². The first-order valence-electron chi connectivity index (χ1n) is 5.99. The van der Waals surface area contributed by atoms with Gasteiger partial charge in [-0.05, 0) is 26.8 Å². The van der Waals surface area contributed by atoms with E-state index >= 15 is 0 Å². The van der Waals surface area contributed by atoms with Gasteiger partial charge < -0.3 is 5.73 Å². The Bertz CT molecular complexity index is 660. The molecule has 0 aliphatic heterocycles. The smallest absolute Gasteiger partial charge is 0.164 e. The van der Waals surface area contributed by atoms with Crippen LogP contribution >= 0.6 is 0 Å². The predicted molar refractivity (Wildman–Crippen MR) is 77.4 cm³/mol. The molecule has 6 heteroatoms. The Kier molecular flexibility index (Phi) is 3.09. The van der Waals surface area contributed by atoms with Gasteiger partial charge in [0.1, 0.15) is 17.8 Å². The largest absolute Gasteiger partial charge is 0.383 e. The third kappa shape index (κ3) is 2.09. The van der Waals surface area contributed by atoms with E-state index in [0.717, 1.165) is 5.39 Å². The van der Waals surface area contributed by atoms with Crippen molar-refractivity contribution in [2.45, 2.75) is 26.3 Å². The van der Waals surface area contributed by atoms with Crippen LogP contribution in [0.4, 0.5) is 5.82 Å². The van der Waals surface area contributed by atoms with Crippen LogP contribution in [-0.2, 0) is 5.54 Å². The van der Waals surface area contributed by atoms with E-state index in [1.54, 1.807) is 13.1 Å². The van der Waals surface area contributed by atoms with Crippen LogP contribution in [0.5, 0.6) is 0 Å². The standard InChI is InChI=1S/C13H18N6/c1-6-8(15-5)10-9-11(14)16-7-17-12(9)19(18-10)13(2,3)4/h6-7H,1H2,2-5H3,(H2,14,16,17). The first kappa shape index (κ1) is 13.2. The fourth-order valence-corrected chi connectivity index (χ4v) is 1.92. The number of hydrogen-bond acceptors (Lipinski definition) is 5. The maximum Gasteiger partial charge on any atom is 0.164 e. The number of anilines is 1. The summed E-state index contributed by atoms with van der Waals surface area (Å²) in [6.45, 7) is 9.92. The first-order valence-corrected chi connectivity index (χ1v) is 5.99. The zero-order valence-electron chi connectivity index (χ0n) is 11.7. The van der Waals surface area contributed by atoms with E-state index in [4.69, 9.17) is 5.73 Å². The highest BCUT2D eigenvalue weighted by Crippen LogP contribution is 2.26. The Morgan fingerprint density at radius 1 is 1.42 bits per heavy atom. The highest BCUT2D eigenvalue weighted by Gasteiger charge is 2.24. The predicted octanol–water partition coefficient (Wildman–Crippen LogP) is 1.77. The summed E-state index contributed by atoms with van der Waals surface area (Å²) in [7, 11) is 1.69. The van der Waals surface area contributed by atoms with Gasteiger partial charge in [0.2, 0.25) is 0 Å². The van der Waals surface area contributed by atoms with Crippen molar-refractivity contribution in [3.05, 3.63) is 24.7 Å². The van der Waals surface area contributed by atoms with Crippen LogP contribution in [0.1, 0.15) is 26.5 Å². The summed E-state index contributed by atoms with van der Waals surface area (Å²) in [4.78, 5) is 12.5. The van der Waals surface area contributed by atoms with Gasteiger partial charge in [-0.1, -0.05) is 6.58 Å². The van der Waals surface area contributed by atoms with Crippen LogP contribution in [0.3, 0.4) is 0 Å². The SMILES string of the molecule is C=CC(=NC)c1nn(C(C)(C)C)c2ncnc(N)c12. The molecule has 6 nitrogen and oxygen atoms in total. The molecule has 0 radical (unpaired) electrons. The van der Waals surface area contributed by atoms with E-state index in [9.17, 15) is 0 Å². The second-order valence-electron chi connectivity index (χ2n) is 5.20. The monoisotopic (exact) mass is 258 g/mol. The highest BCUT2D eigenvalue weighted by atomic mass is 15.3. The van der Waals surface area contributed by atoms with Gasteiger partial charge in [0.05, 0.1) is 16.6 Å². The van der Waals surface area contributed by atoms with E-state index in [-0.39, 0.29) is 5.54 Å². The number of fused-ring (bicyclic) bond motifs is 1. The average Bonchev–Trinajstić information content (AvgIpc) is 2.72. The Morgan fingerprint density at radius 2 is 2.11 bits per heavy atom. The van der Waals surface area contributed by atoms with Gasteiger partial charge in [0, 0.05) is 7.05 Å². The lowest BCUT2D eigenvalue weighted by molar-refractivity contribution is 0.365. The lowest BCUT2D eigenvalue weighted by atomic mass is 10.1. The second kappa shape index (κ2) is 4.46. The summed E-state index contributed by atoms with van der Waals surface area (Å²) in [5.41, 5.74) is 7.81. The molecule has 2 rings (SSSR count). The van der Waals surface area contributed by atoms with Crippen molar-refractivity contribution in [2.24, 2.45) is 4.99 Å². The molecular weight excluding hydrogens is 240 g/mol. The molecule has 2 aromatic rings. The van der Waals surface area contributed by atoms with Gasteiger partial charge in [0.15, 0.2) is 5.65 Å². The van der Waals surface area contributed by atoms with Gasteiger partial charge in [-0.25, -0.2) is 14.6 Å². The van der Waals surface area contributed by atoms with Crippen LogP contribution in [0, 0.1) is 0 Å². The molecule has 2 N–H and O–H groups in total. The number of nitrogens with zero attached hydrogens (tertiary/aromatic N) is 5. The molecule has 2 heterocycles. The molecule has 0 saturated heterocycles. The minimum absolute atomic E-state index is 0.211. The second-order valence-corrected chi connectivity index (χ2v) is 5.20. The molecule has 0 aliphatic carbocycles. The molecule has 0 aliphatic rings. The Balaban J connectivity index is 2.90. The molecule has 0 atom stereocenters. The summed E-state index contributed by atoms with van der Waals surface area (Å²) < 4.78 is 1.84. The zero-order valence-corrected chi connectivity index (χ0v) is 11.7. The van der Waals surface area contributed by atoms with Gasteiger partial charge >= 0.3 is 0 Å². The summed E-state index contributed by atoms with van der Waals surface area (Å²) in [6, 6.07) is 0. The lowest BCUT2D eigenvalue weighted by Crippen LogP contribution is -2.23.